The van der Waals surface area contributed by atoms with Crippen molar-refractivity contribution in [2.24, 2.45) is 23.7 Å². The lowest BCUT2D eigenvalue weighted by molar-refractivity contribution is -0.122. The second-order valence-electron chi connectivity index (χ2n) is 10.0. The summed E-state index contributed by atoms with van der Waals surface area (Å²) in [6.07, 6.45) is 7.80. The second-order valence-corrected chi connectivity index (χ2v) is 10.0. The number of nitrogens with one attached hydrogen (secondary N) is 3. The lowest BCUT2D eigenvalue weighted by Gasteiger charge is -2.56. The van der Waals surface area contributed by atoms with E-state index in [2.05, 4.69) is 29.8 Å². The molecule has 0 radical (unpaired) electrons. The van der Waals surface area contributed by atoms with Crippen molar-refractivity contribution in [2.75, 3.05) is 6.54 Å². The third-order valence-corrected chi connectivity index (χ3v) is 7.20. The van der Waals surface area contributed by atoms with E-state index in [1.807, 2.05) is 30.3 Å². The first kappa shape index (κ1) is 20.2. The zero-order valence-electron chi connectivity index (χ0n) is 17.7. The smallest absolute Gasteiger partial charge is 0.315 e. The highest BCUT2D eigenvalue weighted by atomic mass is 16.2. The van der Waals surface area contributed by atoms with E-state index in [-0.39, 0.29) is 23.5 Å². The van der Waals surface area contributed by atoms with Crippen molar-refractivity contribution in [1.29, 1.82) is 0 Å². The molecule has 5 rings (SSSR count). The summed E-state index contributed by atoms with van der Waals surface area (Å²) >= 11 is 0. The van der Waals surface area contributed by atoms with Gasteiger partial charge in [-0.05, 0) is 67.8 Å². The zero-order chi connectivity index (χ0) is 20.4. The summed E-state index contributed by atoms with van der Waals surface area (Å²) in [6, 6.07) is 9.94. The second kappa shape index (κ2) is 8.37. The maximum atomic E-state index is 12.5. The van der Waals surface area contributed by atoms with E-state index in [4.69, 9.17) is 0 Å². The molecule has 1 aromatic carbocycles. The molecule has 1 atom stereocenters. The first-order chi connectivity index (χ1) is 13.9. The van der Waals surface area contributed by atoms with Crippen LogP contribution in [0.2, 0.25) is 0 Å². The molecule has 0 saturated heterocycles. The summed E-state index contributed by atoms with van der Waals surface area (Å²) in [6.45, 7) is 4.58. The van der Waals surface area contributed by atoms with Gasteiger partial charge in [0, 0.05) is 18.5 Å². The molecule has 0 aromatic heterocycles. The first-order valence-electron chi connectivity index (χ1n) is 11.3. The summed E-state index contributed by atoms with van der Waals surface area (Å²) in [4.78, 5) is 24.9. The molecule has 3 amide bonds. The van der Waals surface area contributed by atoms with Crippen molar-refractivity contribution in [2.45, 2.75) is 70.4 Å². The number of benzene rings is 1. The summed E-state index contributed by atoms with van der Waals surface area (Å²) < 4.78 is 0. The van der Waals surface area contributed by atoms with Crippen LogP contribution in [0.3, 0.4) is 0 Å². The molecule has 0 spiro atoms. The van der Waals surface area contributed by atoms with Gasteiger partial charge < -0.3 is 16.0 Å². The van der Waals surface area contributed by atoms with Gasteiger partial charge in [-0.1, -0.05) is 44.2 Å². The van der Waals surface area contributed by atoms with Crippen molar-refractivity contribution in [3.63, 3.8) is 0 Å². The fourth-order valence-corrected chi connectivity index (χ4v) is 6.38. The van der Waals surface area contributed by atoms with Crippen LogP contribution in [0.25, 0.3) is 0 Å². The number of hydrogen-bond acceptors (Lipinski definition) is 2. The highest BCUT2D eigenvalue weighted by Gasteiger charge is 2.51. The van der Waals surface area contributed by atoms with Crippen LogP contribution in [0.1, 0.15) is 70.4 Å². The van der Waals surface area contributed by atoms with Crippen molar-refractivity contribution in [3.8, 4) is 0 Å². The Morgan fingerprint density at radius 2 is 1.59 bits per heavy atom. The van der Waals surface area contributed by atoms with Crippen molar-refractivity contribution >= 4 is 11.9 Å². The molecule has 0 heterocycles. The number of carbonyl (C=O) groups is 2. The van der Waals surface area contributed by atoms with Crippen LogP contribution in [0.5, 0.6) is 0 Å². The number of rotatable bonds is 7. The minimum atomic E-state index is -0.108. The lowest BCUT2D eigenvalue weighted by atomic mass is 9.53. The molecule has 5 nitrogen and oxygen atoms in total. The summed E-state index contributed by atoms with van der Waals surface area (Å²) in [5.74, 6) is 2.69. The average Bonchev–Trinajstić information content (AvgIpc) is 2.65. The van der Waals surface area contributed by atoms with Gasteiger partial charge in [0.05, 0.1) is 6.04 Å². The van der Waals surface area contributed by atoms with E-state index < -0.39 is 0 Å². The molecule has 4 aliphatic carbocycles. The SMILES string of the molecule is CC(C)C(NC(=O)CCNC(=O)NC12CC3CC(CC(C3)C1)C2)c1ccccc1. The van der Waals surface area contributed by atoms with Gasteiger partial charge >= 0.3 is 6.03 Å². The summed E-state index contributed by atoms with van der Waals surface area (Å²) in [5.41, 5.74) is 1.13. The monoisotopic (exact) mass is 397 g/mol. The third kappa shape index (κ3) is 4.76. The molecule has 1 unspecified atom stereocenters. The maximum Gasteiger partial charge on any atom is 0.315 e. The Kier molecular flexibility index (Phi) is 5.84. The topological polar surface area (TPSA) is 70.2 Å². The van der Waals surface area contributed by atoms with E-state index in [0.717, 1.165) is 42.6 Å². The van der Waals surface area contributed by atoms with Crippen molar-refractivity contribution in [1.82, 2.24) is 16.0 Å². The predicted molar refractivity (Wildman–Crippen MR) is 114 cm³/mol. The molecule has 158 valence electrons. The van der Waals surface area contributed by atoms with Gasteiger partial charge in [-0.15, -0.1) is 0 Å². The van der Waals surface area contributed by atoms with Crippen LogP contribution < -0.4 is 16.0 Å². The van der Waals surface area contributed by atoms with Gasteiger partial charge in [-0.3, -0.25) is 4.79 Å². The molecule has 5 heteroatoms. The number of urea groups is 1. The maximum absolute atomic E-state index is 12.5. The molecule has 3 N–H and O–H groups in total. The van der Waals surface area contributed by atoms with Gasteiger partial charge in [0.2, 0.25) is 5.91 Å². The van der Waals surface area contributed by atoms with Crippen LogP contribution in [-0.2, 0) is 4.79 Å². The van der Waals surface area contributed by atoms with Crippen LogP contribution in [-0.4, -0.2) is 24.0 Å². The largest absolute Gasteiger partial charge is 0.349 e. The van der Waals surface area contributed by atoms with Gasteiger partial charge in [0.25, 0.3) is 0 Å². The Morgan fingerprint density at radius 1 is 1.00 bits per heavy atom. The predicted octanol–water partition coefficient (Wildman–Crippen LogP) is 4.16. The normalized spacial score (nSPS) is 30.8. The first-order valence-corrected chi connectivity index (χ1v) is 11.3. The fourth-order valence-electron chi connectivity index (χ4n) is 6.38. The van der Waals surface area contributed by atoms with Gasteiger partial charge in [-0.2, -0.15) is 0 Å². The molecule has 4 saturated carbocycles. The molecule has 29 heavy (non-hydrogen) atoms. The summed E-state index contributed by atoms with van der Waals surface area (Å²) in [7, 11) is 0. The molecule has 4 fully saturated rings. The Morgan fingerprint density at radius 3 is 2.14 bits per heavy atom. The zero-order valence-corrected chi connectivity index (χ0v) is 17.7. The molecule has 1 aromatic rings. The average molecular weight is 398 g/mol. The van der Waals surface area contributed by atoms with Gasteiger partial charge in [0.15, 0.2) is 0 Å². The fraction of sp³-hybridized carbons (Fsp3) is 0.667. The number of carbonyl (C=O) groups excluding carboxylic acids is 2. The third-order valence-electron chi connectivity index (χ3n) is 7.20. The molecule has 0 aliphatic heterocycles. The van der Waals surface area contributed by atoms with E-state index in [1.165, 1.54) is 19.3 Å². The highest BCUT2D eigenvalue weighted by Crippen LogP contribution is 2.55. The van der Waals surface area contributed by atoms with Crippen molar-refractivity contribution < 1.29 is 9.59 Å². The van der Waals surface area contributed by atoms with E-state index in [9.17, 15) is 9.59 Å². The van der Waals surface area contributed by atoms with Crippen molar-refractivity contribution in [3.05, 3.63) is 35.9 Å². The Bertz CT molecular complexity index is 696. The van der Waals surface area contributed by atoms with E-state index >= 15 is 0 Å². The molecule has 4 aliphatic rings. The molecular weight excluding hydrogens is 362 g/mol. The number of amides is 3. The van der Waals surface area contributed by atoms with Crippen LogP contribution in [0, 0.1) is 23.7 Å². The van der Waals surface area contributed by atoms with Gasteiger partial charge in [-0.25, -0.2) is 4.79 Å². The highest BCUT2D eigenvalue weighted by molar-refractivity contribution is 5.79. The number of hydrogen-bond donors (Lipinski definition) is 3. The molecular formula is C24H35N3O2. The van der Waals surface area contributed by atoms with Gasteiger partial charge in [0.1, 0.15) is 0 Å². The molecule has 4 bridgehead atoms. The Labute approximate surface area is 174 Å². The quantitative estimate of drug-likeness (QED) is 0.647. The van der Waals surface area contributed by atoms with E-state index in [0.29, 0.717) is 18.9 Å². The van der Waals surface area contributed by atoms with Crippen LogP contribution >= 0.6 is 0 Å². The van der Waals surface area contributed by atoms with E-state index in [1.54, 1.807) is 0 Å². The Balaban J connectivity index is 1.22. The van der Waals surface area contributed by atoms with Crippen LogP contribution in [0.4, 0.5) is 4.79 Å². The Hall–Kier alpha value is -2.04. The standard InChI is InChI=1S/C24H35N3O2/c1-16(2)22(20-6-4-3-5-7-20)26-21(28)8-9-25-23(29)27-24-13-17-10-18(14-24)12-19(11-17)15-24/h3-7,16-19,22H,8-15H2,1-2H3,(H,26,28)(H2,25,27,29). The van der Waals surface area contributed by atoms with Crippen LogP contribution in [0.15, 0.2) is 30.3 Å². The minimum absolute atomic E-state index is 0.00967. The minimum Gasteiger partial charge on any atom is -0.349 e. The lowest BCUT2D eigenvalue weighted by Crippen LogP contribution is -2.61. The summed E-state index contributed by atoms with van der Waals surface area (Å²) in [5, 5.41) is 9.34.